The van der Waals surface area contributed by atoms with E-state index >= 15 is 0 Å². The molecular weight excluding hydrogens is 637 g/mol. The van der Waals surface area contributed by atoms with E-state index in [0.29, 0.717) is 7.25 Å². The van der Waals surface area contributed by atoms with Crippen LogP contribution >= 0.6 is 36.1 Å². The van der Waals surface area contributed by atoms with E-state index in [1.807, 2.05) is 0 Å². The third kappa shape index (κ3) is 2.72. The van der Waals surface area contributed by atoms with Gasteiger partial charge in [0, 0.05) is 0 Å². The Labute approximate surface area is 176 Å². The molecule has 0 radical (unpaired) electrons. The van der Waals surface area contributed by atoms with Crippen molar-refractivity contribution >= 4 is 53.7 Å². The van der Waals surface area contributed by atoms with Crippen LogP contribution in [0.25, 0.3) is 12.2 Å². The van der Waals surface area contributed by atoms with Crippen molar-refractivity contribution in [3.8, 4) is 0 Å². The van der Waals surface area contributed by atoms with Gasteiger partial charge in [0.25, 0.3) is 0 Å². The van der Waals surface area contributed by atoms with Gasteiger partial charge in [0.2, 0.25) is 0 Å². The molecule has 2 aliphatic carbocycles. The second kappa shape index (κ2) is 6.77. The molecule has 2 aliphatic rings. The molecule has 0 aromatic heterocycles. The standard InChI is InChI=1S/2C10H9.C2H6Si.2HI.Zr/c2*1-8-6-9-4-2-3-5-10(9)7-8;1-3-2;;;/h2*2-7H,1H3;1-2H3;2*1H;/q;;;;;+2/p-2. The van der Waals surface area contributed by atoms with E-state index in [0.717, 1.165) is 0 Å². The maximum atomic E-state index is 3.09. The number of allylic oxidation sites excluding steroid dienone is 2. The van der Waals surface area contributed by atoms with Gasteiger partial charge in [0.05, 0.1) is 0 Å². The fraction of sp³-hybridized carbons (Fsp3) is 0.273. The summed E-state index contributed by atoms with van der Waals surface area (Å²) in [5.41, 5.74) is 8.84. The average molecular weight is 662 g/mol. The summed E-state index contributed by atoms with van der Waals surface area (Å²) >= 11 is 6.17. The molecule has 2 unspecified atom stereocenters. The van der Waals surface area contributed by atoms with E-state index in [1.165, 1.54) is 11.1 Å². The van der Waals surface area contributed by atoms with Crippen LogP contribution in [0.3, 0.4) is 0 Å². The van der Waals surface area contributed by atoms with E-state index in [4.69, 9.17) is 0 Å². The normalized spacial score (nSPS) is 21.8. The average Bonchev–Trinajstić information content (AvgIpc) is 3.10. The van der Waals surface area contributed by atoms with Crippen molar-refractivity contribution in [2.75, 3.05) is 0 Å². The van der Waals surface area contributed by atoms with Crippen LogP contribution in [0.2, 0.25) is 13.1 Å². The topological polar surface area (TPSA) is 0 Å². The Morgan fingerprint density at radius 3 is 1.50 bits per heavy atom. The summed E-state index contributed by atoms with van der Waals surface area (Å²) in [6.45, 7) is 9.97. The van der Waals surface area contributed by atoms with Gasteiger partial charge in [-0.25, -0.2) is 0 Å². The van der Waals surface area contributed by atoms with Gasteiger partial charge in [0.15, 0.2) is 0 Å². The third-order valence-corrected chi connectivity index (χ3v) is 87.7. The molecule has 0 fully saturated rings. The Kier molecular flexibility index (Phi) is 5.15. The zero-order chi connectivity index (χ0) is 18.7. The molecule has 0 saturated heterocycles. The van der Waals surface area contributed by atoms with E-state index in [9.17, 15) is 0 Å². The SMILES string of the molecule is CC1=Cc2ccccc2[CH]1[Zr]([I])([I])([CH]1C(C)=Cc2ccccc21)=[Si](C)C. The van der Waals surface area contributed by atoms with Gasteiger partial charge in [-0.1, -0.05) is 0 Å². The predicted molar refractivity (Wildman–Crippen MR) is 131 cm³/mol. The van der Waals surface area contributed by atoms with Crippen LogP contribution in [-0.4, -0.2) is 5.43 Å². The summed E-state index contributed by atoms with van der Waals surface area (Å²) in [6, 6.07) is 18.3. The van der Waals surface area contributed by atoms with E-state index in [1.54, 1.807) is 22.3 Å². The molecule has 0 spiro atoms. The van der Waals surface area contributed by atoms with Crippen LogP contribution in [0.4, 0.5) is 0 Å². The molecule has 0 N–H and O–H groups in total. The monoisotopic (exact) mass is 660 g/mol. The summed E-state index contributed by atoms with van der Waals surface area (Å²) in [5, 5.41) is 0. The summed E-state index contributed by atoms with van der Waals surface area (Å²) < 4.78 is 1.30. The first-order valence-electron chi connectivity index (χ1n) is 9.17. The number of hydrogen-bond donors (Lipinski definition) is 0. The predicted octanol–water partition coefficient (Wildman–Crippen LogP) is 7.94. The quantitative estimate of drug-likeness (QED) is 0.227. The molecule has 0 aliphatic heterocycles. The fourth-order valence-corrected chi connectivity index (χ4v) is 48.3. The van der Waals surface area contributed by atoms with Crippen LogP contribution < -0.4 is 0 Å². The molecule has 0 amide bonds. The fourth-order valence-electron chi connectivity index (χ4n) is 5.11. The maximum absolute atomic E-state index is 3.34. The molecule has 2 aromatic carbocycles. The second-order valence-corrected chi connectivity index (χ2v) is 84.1. The van der Waals surface area contributed by atoms with Crippen molar-refractivity contribution in [2.24, 2.45) is 0 Å². The molecular formula is C22H24I2SiZr. The second-order valence-electron chi connectivity index (χ2n) is 8.05. The van der Waals surface area contributed by atoms with Crippen LogP contribution in [0.1, 0.15) is 43.4 Å². The molecule has 4 heteroatoms. The van der Waals surface area contributed by atoms with Crippen molar-refractivity contribution < 1.29 is 9.02 Å². The van der Waals surface area contributed by atoms with Gasteiger partial charge in [-0.05, 0) is 0 Å². The summed E-state index contributed by atoms with van der Waals surface area (Å²) in [4.78, 5) is 0. The van der Waals surface area contributed by atoms with E-state index in [2.05, 4.69) is 124 Å². The number of benzene rings is 2. The summed E-state index contributed by atoms with van der Waals surface area (Å²) in [6.07, 6.45) is 4.94. The van der Waals surface area contributed by atoms with Gasteiger partial charge >= 0.3 is 179 Å². The Hall–Kier alpha value is 0.480. The Balaban J connectivity index is 2.05. The van der Waals surface area contributed by atoms with Gasteiger partial charge in [-0.2, -0.15) is 0 Å². The van der Waals surface area contributed by atoms with Crippen LogP contribution in [0.15, 0.2) is 59.7 Å². The van der Waals surface area contributed by atoms with Crippen LogP contribution in [0.5, 0.6) is 0 Å². The van der Waals surface area contributed by atoms with Crippen molar-refractivity contribution in [2.45, 2.75) is 34.2 Å². The first-order valence-corrected chi connectivity index (χ1v) is 32.8. The van der Waals surface area contributed by atoms with Crippen molar-refractivity contribution in [3.63, 3.8) is 0 Å². The molecule has 0 nitrogen and oxygen atoms in total. The summed E-state index contributed by atoms with van der Waals surface area (Å²) in [7, 11) is -3.34. The van der Waals surface area contributed by atoms with Gasteiger partial charge in [-0.3, -0.25) is 0 Å². The Morgan fingerprint density at radius 1 is 0.731 bits per heavy atom. The third-order valence-electron chi connectivity index (χ3n) is 6.30. The Bertz CT molecular complexity index is 978. The van der Waals surface area contributed by atoms with Crippen molar-refractivity contribution in [3.05, 3.63) is 81.9 Å². The van der Waals surface area contributed by atoms with Gasteiger partial charge in [-0.15, -0.1) is 0 Å². The van der Waals surface area contributed by atoms with Crippen molar-refractivity contribution in [1.29, 1.82) is 0 Å². The van der Waals surface area contributed by atoms with E-state index < -0.39 is 14.5 Å². The number of hydrogen-bond acceptors (Lipinski definition) is 0. The van der Waals surface area contributed by atoms with Crippen molar-refractivity contribution in [1.82, 2.24) is 0 Å². The van der Waals surface area contributed by atoms with Gasteiger partial charge in [0.1, 0.15) is 0 Å². The molecule has 134 valence electrons. The minimum atomic E-state index is -3.34. The summed E-state index contributed by atoms with van der Waals surface area (Å²) in [5.74, 6) is 0. The van der Waals surface area contributed by atoms with E-state index in [-0.39, 0.29) is 0 Å². The zero-order valence-electron chi connectivity index (χ0n) is 15.7. The van der Waals surface area contributed by atoms with Crippen LogP contribution in [0, 0.1) is 0 Å². The van der Waals surface area contributed by atoms with Gasteiger partial charge < -0.3 is 0 Å². The molecule has 2 aromatic rings. The van der Waals surface area contributed by atoms with Crippen LogP contribution in [-0.2, 0) is 9.02 Å². The minimum absolute atomic E-state index is 0.483. The first-order chi connectivity index (χ1) is 12.2. The molecule has 0 heterocycles. The molecule has 4 rings (SSSR count). The molecule has 0 bridgehead atoms. The number of rotatable bonds is 2. The molecule has 0 saturated carbocycles. The Morgan fingerprint density at radius 2 is 1.12 bits per heavy atom. The first kappa shape index (κ1) is 19.8. The number of fused-ring (bicyclic) bond motifs is 2. The zero-order valence-corrected chi connectivity index (χ0v) is 23.5. The molecule has 2 atom stereocenters. The number of halogens is 2. The molecule has 26 heavy (non-hydrogen) atoms.